The summed E-state index contributed by atoms with van der Waals surface area (Å²) in [6, 6.07) is 19.7. The van der Waals surface area contributed by atoms with E-state index in [4.69, 9.17) is 9.47 Å². The summed E-state index contributed by atoms with van der Waals surface area (Å²) in [5.74, 6) is 0.640. The Hall–Kier alpha value is -4.39. The van der Waals surface area contributed by atoms with Crippen LogP contribution in [0.5, 0.6) is 17.5 Å². The molecule has 0 saturated heterocycles. The van der Waals surface area contributed by atoms with Crippen LogP contribution in [-0.4, -0.2) is 26.6 Å². The van der Waals surface area contributed by atoms with Crippen LogP contribution in [0.15, 0.2) is 79.1 Å². The molecule has 0 aliphatic carbocycles. The molecule has 0 spiro atoms. The lowest BCUT2D eigenvalue weighted by atomic mass is 9.98. The van der Waals surface area contributed by atoms with Crippen molar-refractivity contribution < 1.29 is 19.0 Å². The van der Waals surface area contributed by atoms with Gasteiger partial charge in [0.2, 0.25) is 0 Å². The Morgan fingerprint density at radius 3 is 2.56 bits per heavy atom. The summed E-state index contributed by atoms with van der Waals surface area (Å²) in [6.07, 6.45) is 3.18. The number of halogens is 1. The molecule has 1 N–H and O–H groups in total. The predicted molar refractivity (Wildman–Crippen MR) is 127 cm³/mol. The SMILES string of the molecule is [CH2]c1ccc(-c2nc(O)n3ccnc3c2-c2ccc(OC)c(OCc3ccccc3)c2)cc1F. The first-order chi connectivity index (χ1) is 16.5. The summed E-state index contributed by atoms with van der Waals surface area (Å²) in [5.41, 5.74) is 3.98. The zero-order valence-corrected chi connectivity index (χ0v) is 18.4. The molecule has 2 aromatic heterocycles. The lowest BCUT2D eigenvalue weighted by molar-refractivity contribution is 0.284. The number of methoxy groups -OCH3 is 1. The van der Waals surface area contributed by atoms with Crippen molar-refractivity contribution in [2.45, 2.75) is 6.61 Å². The van der Waals surface area contributed by atoms with Crippen LogP contribution >= 0.6 is 0 Å². The average molecular weight is 454 g/mol. The highest BCUT2D eigenvalue weighted by Gasteiger charge is 2.20. The minimum atomic E-state index is -0.463. The molecule has 6 nitrogen and oxygen atoms in total. The quantitative estimate of drug-likeness (QED) is 0.358. The van der Waals surface area contributed by atoms with Crippen molar-refractivity contribution in [2.24, 2.45) is 0 Å². The second-order valence-corrected chi connectivity index (χ2v) is 7.70. The molecule has 7 heteroatoms. The van der Waals surface area contributed by atoms with Gasteiger partial charge < -0.3 is 14.6 Å². The van der Waals surface area contributed by atoms with Crippen molar-refractivity contribution in [3.63, 3.8) is 0 Å². The summed E-state index contributed by atoms with van der Waals surface area (Å²) in [4.78, 5) is 8.81. The summed E-state index contributed by atoms with van der Waals surface area (Å²) < 4.78 is 27.4. The molecule has 0 aliphatic heterocycles. The molecular formula is C27H21FN3O3. The number of nitrogens with zero attached hydrogens (tertiary/aromatic N) is 3. The Morgan fingerprint density at radius 2 is 1.79 bits per heavy atom. The summed E-state index contributed by atoms with van der Waals surface area (Å²) >= 11 is 0. The van der Waals surface area contributed by atoms with E-state index in [-0.39, 0.29) is 11.6 Å². The molecule has 0 fully saturated rings. The lowest BCUT2D eigenvalue weighted by Crippen LogP contribution is -2.00. The van der Waals surface area contributed by atoms with Gasteiger partial charge in [0.05, 0.1) is 18.4 Å². The first kappa shape index (κ1) is 21.5. The zero-order valence-electron chi connectivity index (χ0n) is 18.4. The highest BCUT2D eigenvalue weighted by molar-refractivity contribution is 5.91. The zero-order chi connectivity index (χ0) is 23.7. The number of rotatable bonds is 6. The monoisotopic (exact) mass is 454 g/mol. The molecule has 2 heterocycles. The van der Waals surface area contributed by atoms with Gasteiger partial charge in [0.15, 0.2) is 17.1 Å². The summed E-state index contributed by atoms with van der Waals surface area (Å²) in [6.45, 7) is 4.04. The number of ether oxygens (including phenoxy) is 2. The number of aromatic hydroxyl groups is 1. The number of benzene rings is 3. The van der Waals surface area contributed by atoms with Crippen LogP contribution in [0.2, 0.25) is 0 Å². The molecule has 1 radical (unpaired) electrons. The third-order valence-electron chi connectivity index (χ3n) is 5.54. The minimum absolute atomic E-state index is 0.251. The standard InChI is InChI=1S/C27H21FN3O3/c1-17-8-9-20(14-21(17)28)25-24(26-29-12-13-31(26)27(32)30-25)19-10-11-22(33-2)23(15-19)34-16-18-6-4-3-5-7-18/h3-15H,1,16H2,2H3,(H,30,32). The molecule has 0 aliphatic rings. The van der Waals surface area contributed by atoms with E-state index in [1.807, 2.05) is 42.5 Å². The van der Waals surface area contributed by atoms with E-state index in [2.05, 4.69) is 16.9 Å². The minimum Gasteiger partial charge on any atom is -0.493 e. The molecule has 169 valence electrons. The van der Waals surface area contributed by atoms with Gasteiger partial charge in [0.25, 0.3) is 6.01 Å². The molecule has 0 saturated carbocycles. The van der Waals surface area contributed by atoms with Crippen molar-refractivity contribution in [3.8, 4) is 39.9 Å². The maximum absolute atomic E-state index is 14.4. The average Bonchev–Trinajstić information content (AvgIpc) is 3.35. The van der Waals surface area contributed by atoms with Crippen LogP contribution in [0.25, 0.3) is 28.0 Å². The predicted octanol–water partition coefficient (Wildman–Crippen LogP) is 5.68. The van der Waals surface area contributed by atoms with E-state index in [1.165, 1.54) is 10.5 Å². The molecule has 0 unspecified atom stereocenters. The second-order valence-electron chi connectivity index (χ2n) is 7.70. The van der Waals surface area contributed by atoms with Gasteiger partial charge in [-0.2, -0.15) is 4.98 Å². The van der Waals surface area contributed by atoms with Gasteiger partial charge in [-0.15, -0.1) is 0 Å². The Bertz CT molecular complexity index is 1480. The van der Waals surface area contributed by atoms with Crippen molar-refractivity contribution in [2.75, 3.05) is 7.11 Å². The Balaban J connectivity index is 1.67. The summed E-state index contributed by atoms with van der Waals surface area (Å²) in [5, 5.41) is 10.5. The number of imidazole rings is 1. The van der Waals surface area contributed by atoms with Crippen molar-refractivity contribution >= 4 is 5.65 Å². The third-order valence-corrected chi connectivity index (χ3v) is 5.54. The van der Waals surface area contributed by atoms with Crippen molar-refractivity contribution in [3.05, 3.63) is 103 Å². The van der Waals surface area contributed by atoms with Gasteiger partial charge in [-0.1, -0.05) is 48.5 Å². The number of aromatic nitrogens is 3. The molecule has 0 atom stereocenters. The molecule has 5 rings (SSSR count). The highest BCUT2D eigenvalue weighted by Crippen LogP contribution is 2.40. The Morgan fingerprint density at radius 1 is 1.00 bits per heavy atom. The van der Waals surface area contributed by atoms with Crippen molar-refractivity contribution in [1.29, 1.82) is 0 Å². The number of hydrogen-bond acceptors (Lipinski definition) is 5. The number of fused-ring (bicyclic) bond motifs is 1. The van der Waals surface area contributed by atoms with Gasteiger partial charge in [-0.3, -0.25) is 4.40 Å². The van der Waals surface area contributed by atoms with Crippen LogP contribution in [0, 0.1) is 12.7 Å². The Labute approximate surface area is 195 Å². The van der Waals surface area contributed by atoms with Crippen LogP contribution in [-0.2, 0) is 6.61 Å². The first-order valence-electron chi connectivity index (χ1n) is 10.6. The molecule has 5 aromatic rings. The second kappa shape index (κ2) is 8.86. The van der Waals surface area contributed by atoms with Crippen LogP contribution in [0.1, 0.15) is 11.1 Å². The van der Waals surface area contributed by atoms with E-state index < -0.39 is 5.82 Å². The smallest absolute Gasteiger partial charge is 0.300 e. The topological polar surface area (TPSA) is 68.9 Å². The molecular weight excluding hydrogens is 433 g/mol. The maximum atomic E-state index is 14.4. The largest absolute Gasteiger partial charge is 0.493 e. The van der Waals surface area contributed by atoms with Crippen LogP contribution < -0.4 is 9.47 Å². The molecule has 34 heavy (non-hydrogen) atoms. The maximum Gasteiger partial charge on any atom is 0.300 e. The van der Waals surface area contributed by atoms with Gasteiger partial charge in [-0.25, -0.2) is 9.37 Å². The van der Waals surface area contributed by atoms with Gasteiger partial charge in [-0.05, 0) is 41.8 Å². The van der Waals surface area contributed by atoms with E-state index in [0.29, 0.717) is 40.6 Å². The van der Waals surface area contributed by atoms with E-state index >= 15 is 0 Å². The molecule has 0 bridgehead atoms. The van der Waals surface area contributed by atoms with Gasteiger partial charge in [0.1, 0.15) is 12.4 Å². The fraction of sp³-hybridized carbons (Fsp3) is 0.0741. The van der Waals surface area contributed by atoms with E-state index in [0.717, 1.165) is 11.1 Å². The van der Waals surface area contributed by atoms with Gasteiger partial charge >= 0.3 is 0 Å². The van der Waals surface area contributed by atoms with E-state index in [1.54, 1.807) is 37.7 Å². The fourth-order valence-electron chi connectivity index (χ4n) is 3.82. The van der Waals surface area contributed by atoms with Crippen molar-refractivity contribution in [1.82, 2.24) is 14.4 Å². The Kier molecular flexibility index (Phi) is 5.59. The van der Waals surface area contributed by atoms with Crippen LogP contribution in [0.3, 0.4) is 0 Å². The van der Waals surface area contributed by atoms with E-state index in [9.17, 15) is 9.50 Å². The number of hydrogen-bond donors (Lipinski definition) is 1. The van der Waals surface area contributed by atoms with Gasteiger partial charge in [0, 0.05) is 18.0 Å². The molecule has 0 amide bonds. The molecule has 3 aromatic carbocycles. The third kappa shape index (κ3) is 3.92. The summed E-state index contributed by atoms with van der Waals surface area (Å²) in [7, 11) is 1.58. The lowest BCUT2D eigenvalue weighted by Gasteiger charge is -2.16. The fourth-order valence-corrected chi connectivity index (χ4v) is 3.82. The van der Waals surface area contributed by atoms with Crippen LogP contribution in [0.4, 0.5) is 4.39 Å². The normalized spacial score (nSPS) is 11.0. The first-order valence-corrected chi connectivity index (χ1v) is 10.6. The highest BCUT2D eigenvalue weighted by atomic mass is 19.1.